The van der Waals surface area contributed by atoms with Gasteiger partial charge in [-0.3, -0.25) is 4.79 Å². The van der Waals surface area contributed by atoms with Crippen LogP contribution in [0.15, 0.2) is 73.2 Å². The summed E-state index contributed by atoms with van der Waals surface area (Å²) in [4.78, 5) is 25.8. The molecule has 4 aromatic rings. The van der Waals surface area contributed by atoms with Crippen LogP contribution in [0.1, 0.15) is 29.5 Å². The minimum atomic E-state index is -0.0665. The molecule has 0 unspecified atom stereocenters. The zero-order chi connectivity index (χ0) is 24.7. The van der Waals surface area contributed by atoms with E-state index in [0.717, 1.165) is 42.0 Å². The molecule has 1 saturated heterocycles. The van der Waals surface area contributed by atoms with E-state index in [1.807, 2.05) is 30.3 Å². The predicted molar refractivity (Wildman–Crippen MR) is 139 cm³/mol. The normalized spacial score (nSPS) is 15.5. The number of benzene rings is 2. The van der Waals surface area contributed by atoms with Gasteiger partial charge in [0.2, 0.25) is 11.9 Å². The van der Waals surface area contributed by atoms with E-state index in [1.54, 1.807) is 23.4 Å². The molecule has 9 heteroatoms. The Labute approximate surface area is 210 Å². The Balaban J connectivity index is 1.20. The van der Waals surface area contributed by atoms with Crippen molar-refractivity contribution in [3.05, 3.63) is 89.9 Å². The number of piperidine rings is 1. The fourth-order valence-electron chi connectivity index (χ4n) is 4.39. The molecule has 2 aromatic heterocycles. The highest BCUT2D eigenvalue weighted by atomic mass is 16.1. The molecular formula is C27H30N8O. The standard InChI is InChI=1S/C27H30N8O/c1-20-7-9-21(10-8-20)17-29-26(36)23-5-3-15-34(19-23)25-11-12-28-27(33-25)32-24-6-2-4-22(16-24)18-35-30-13-14-31-35/h2,4,6-14,16,23H,3,5,15,17-19H2,1H3,(H,29,36)(H,28,32,33)/t23-/m0/s1. The van der Waals surface area contributed by atoms with E-state index in [9.17, 15) is 4.79 Å². The maximum Gasteiger partial charge on any atom is 0.229 e. The zero-order valence-electron chi connectivity index (χ0n) is 20.3. The van der Waals surface area contributed by atoms with Crippen molar-refractivity contribution in [3.8, 4) is 0 Å². The van der Waals surface area contributed by atoms with Crippen molar-refractivity contribution in [1.29, 1.82) is 0 Å². The molecule has 1 aliphatic rings. The van der Waals surface area contributed by atoms with E-state index in [-0.39, 0.29) is 11.8 Å². The highest BCUT2D eigenvalue weighted by Gasteiger charge is 2.26. The summed E-state index contributed by atoms with van der Waals surface area (Å²) in [7, 11) is 0. The van der Waals surface area contributed by atoms with Crippen LogP contribution in [0.3, 0.4) is 0 Å². The number of nitrogens with one attached hydrogen (secondary N) is 2. The van der Waals surface area contributed by atoms with Gasteiger partial charge in [0.15, 0.2) is 0 Å². The second-order valence-corrected chi connectivity index (χ2v) is 9.11. The van der Waals surface area contributed by atoms with Crippen LogP contribution in [0.25, 0.3) is 0 Å². The molecule has 0 saturated carbocycles. The summed E-state index contributed by atoms with van der Waals surface area (Å²) in [5.74, 6) is 1.37. The van der Waals surface area contributed by atoms with Crippen molar-refractivity contribution in [2.24, 2.45) is 5.92 Å². The molecule has 5 rings (SSSR count). The monoisotopic (exact) mass is 482 g/mol. The zero-order valence-corrected chi connectivity index (χ0v) is 20.3. The second-order valence-electron chi connectivity index (χ2n) is 9.11. The molecule has 36 heavy (non-hydrogen) atoms. The Bertz CT molecular complexity index is 1290. The van der Waals surface area contributed by atoms with Gasteiger partial charge in [-0.05, 0) is 49.1 Å². The average Bonchev–Trinajstić information content (AvgIpc) is 3.42. The molecule has 0 aliphatic carbocycles. The number of aryl methyl sites for hydroxylation is 1. The largest absolute Gasteiger partial charge is 0.356 e. The lowest BCUT2D eigenvalue weighted by molar-refractivity contribution is -0.125. The minimum absolute atomic E-state index is 0.0665. The van der Waals surface area contributed by atoms with E-state index in [0.29, 0.717) is 25.6 Å². The lowest BCUT2D eigenvalue weighted by Crippen LogP contribution is -2.43. The first-order chi connectivity index (χ1) is 17.6. The van der Waals surface area contributed by atoms with Crippen molar-refractivity contribution in [1.82, 2.24) is 30.3 Å². The number of carbonyl (C=O) groups excluding carboxylic acids is 1. The van der Waals surface area contributed by atoms with Crippen molar-refractivity contribution in [2.45, 2.75) is 32.9 Å². The Morgan fingerprint density at radius 2 is 1.86 bits per heavy atom. The van der Waals surface area contributed by atoms with Crippen LogP contribution >= 0.6 is 0 Å². The molecule has 1 aliphatic heterocycles. The third kappa shape index (κ3) is 6.04. The van der Waals surface area contributed by atoms with Crippen LogP contribution < -0.4 is 15.5 Å². The Kier molecular flexibility index (Phi) is 7.16. The molecule has 0 spiro atoms. The third-order valence-electron chi connectivity index (χ3n) is 6.32. The predicted octanol–water partition coefficient (Wildman–Crippen LogP) is 3.70. The fraction of sp³-hybridized carbons (Fsp3) is 0.296. The molecule has 0 bridgehead atoms. The van der Waals surface area contributed by atoms with Gasteiger partial charge in [-0.25, -0.2) is 4.98 Å². The fourth-order valence-corrected chi connectivity index (χ4v) is 4.39. The maximum absolute atomic E-state index is 12.9. The summed E-state index contributed by atoms with van der Waals surface area (Å²) in [5, 5.41) is 14.7. The van der Waals surface area contributed by atoms with Gasteiger partial charge in [0.05, 0.1) is 24.9 Å². The smallest absolute Gasteiger partial charge is 0.229 e. The van der Waals surface area contributed by atoms with Crippen molar-refractivity contribution >= 4 is 23.4 Å². The van der Waals surface area contributed by atoms with Crippen LogP contribution in [-0.2, 0) is 17.9 Å². The molecule has 0 radical (unpaired) electrons. The van der Waals surface area contributed by atoms with Crippen LogP contribution in [0.5, 0.6) is 0 Å². The van der Waals surface area contributed by atoms with E-state index < -0.39 is 0 Å². The quantitative estimate of drug-likeness (QED) is 0.395. The van der Waals surface area contributed by atoms with Crippen LogP contribution in [0, 0.1) is 12.8 Å². The van der Waals surface area contributed by atoms with Crippen LogP contribution in [0.2, 0.25) is 0 Å². The first kappa shape index (κ1) is 23.5. The molecule has 9 nitrogen and oxygen atoms in total. The molecule has 2 aromatic carbocycles. The summed E-state index contributed by atoms with van der Waals surface area (Å²) in [6.07, 6.45) is 6.91. The second kappa shape index (κ2) is 11.0. The molecule has 3 heterocycles. The molecule has 1 atom stereocenters. The van der Waals surface area contributed by atoms with E-state index in [2.05, 4.69) is 61.9 Å². The Morgan fingerprint density at radius 1 is 1.03 bits per heavy atom. The highest BCUT2D eigenvalue weighted by molar-refractivity contribution is 5.79. The average molecular weight is 483 g/mol. The van der Waals surface area contributed by atoms with E-state index in [4.69, 9.17) is 4.98 Å². The molecule has 1 fully saturated rings. The van der Waals surface area contributed by atoms with Gasteiger partial charge in [0, 0.05) is 31.5 Å². The Morgan fingerprint density at radius 3 is 2.69 bits per heavy atom. The van der Waals surface area contributed by atoms with Crippen molar-refractivity contribution in [2.75, 3.05) is 23.3 Å². The molecule has 2 N–H and O–H groups in total. The van der Waals surface area contributed by atoms with Crippen molar-refractivity contribution < 1.29 is 4.79 Å². The van der Waals surface area contributed by atoms with Gasteiger partial charge in [0.1, 0.15) is 5.82 Å². The number of hydrogen-bond acceptors (Lipinski definition) is 7. The summed E-state index contributed by atoms with van der Waals surface area (Å²) in [6, 6.07) is 18.2. The van der Waals surface area contributed by atoms with Crippen molar-refractivity contribution in [3.63, 3.8) is 0 Å². The summed E-state index contributed by atoms with van der Waals surface area (Å²) >= 11 is 0. The first-order valence-electron chi connectivity index (χ1n) is 12.2. The lowest BCUT2D eigenvalue weighted by atomic mass is 9.97. The van der Waals surface area contributed by atoms with Gasteiger partial charge < -0.3 is 15.5 Å². The maximum atomic E-state index is 12.9. The number of nitrogens with zero attached hydrogens (tertiary/aromatic N) is 6. The minimum Gasteiger partial charge on any atom is -0.356 e. The van der Waals surface area contributed by atoms with Gasteiger partial charge >= 0.3 is 0 Å². The molecular weight excluding hydrogens is 452 g/mol. The van der Waals surface area contributed by atoms with Gasteiger partial charge in [0.25, 0.3) is 0 Å². The number of anilines is 3. The van der Waals surface area contributed by atoms with Gasteiger partial charge in [-0.15, -0.1) is 0 Å². The number of hydrogen-bond donors (Lipinski definition) is 2. The SMILES string of the molecule is Cc1ccc(CNC(=O)[C@H]2CCCN(c3ccnc(Nc4cccc(Cn5nccn5)c4)n3)C2)cc1. The van der Waals surface area contributed by atoms with Crippen LogP contribution in [0.4, 0.5) is 17.5 Å². The number of aromatic nitrogens is 5. The number of amides is 1. The third-order valence-corrected chi connectivity index (χ3v) is 6.32. The molecule has 184 valence electrons. The lowest BCUT2D eigenvalue weighted by Gasteiger charge is -2.33. The highest BCUT2D eigenvalue weighted by Crippen LogP contribution is 2.23. The van der Waals surface area contributed by atoms with E-state index in [1.165, 1.54) is 5.56 Å². The summed E-state index contributed by atoms with van der Waals surface area (Å²) in [5.41, 5.74) is 4.29. The topological polar surface area (TPSA) is 101 Å². The molecule has 1 amide bonds. The van der Waals surface area contributed by atoms with Gasteiger partial charge in [-0.1, -0.05) is 42.0 Å². The number of rotatable bonds is 8. The van der Waals surface area contributed by atoms with E-state index >= 15 is 0 Å². The first-order valence-corrected chi connectivity index (χ1v) is 12.2. The summed E-state index contributed by atoms with van der Waals surface area (Å²) in [6.45, 7) is 4.70. The van der Waals surface area contributed by atoms with Gasteiger partial charge in [-0.2, -0.15) is 20.0 Å². The summed E-state index contributed by atoms with van der Waals surface area (Å²) < 4.78 is 0. The number of carbonyl (C=O) groups is 1. The Hall–Kier alpha value is -4.27. The van der Waals surface area contributed by atoms with Crippen LogP contribution in [-0.4, -0.2) is 44.0 Å².